The molecule has 16 heavy (non-hydrogen) atoms. The SMILES string of the molecule is Cc1ccc(C2(C#N)CCC2)cc1[N+](=O)[O-]. The third-order valence-corrected chi connectivity index (χ3v) is 3.38. The fourth-order valence-corrected chi connectivity index (χ4v) is 2.10. The van der Waals surface area contributed by atoms with Crippen LogP contribution in [0.3, 0.4) is 0 Å². The van der Waals surface area contributed by atoms with Crippen LogP contribution in [0.2, 0.25) is 0 Å². The lowest BCUT2D eigenvalue weighted by atomic mass is 9.65. The number of nitro groups is 1. The Kier molecular flexibility index (Phi) is 2.39. The fraction of sp³-hybridized carbons (Fsp3) is 0.417. The smallest absolute Gasteiger partial charge is 0.258 e. The van der Waals surface area contributed by atoms with Gasteiger partial charge in [0.25, 0.3) is 5.69 Å². The van der Waals surface area contributed by atoms with Crippen molar-refractivity contribution in [2.45, 2.75) is 31.6 Å². The third-order valence-electron chi connectivity index (χ3n) is 3.38. The van der Waals surface area contributed by atoms with Gasteiger partial charge in [0.05, 0.1) is 16.4 Å². The molecule has 82 valence electrons. The Labute approximate surface area is 93.7 Å². The molecule has 4 heteroatoms. The van der Waals surface area contributed by atoms with E-state index in [-0.39, 0.29) is 10.6 Å². The molecular weight excluding hydrogens is 204 g/mol. The van der Waals surface area contributed by atoms with Crippen molar-refractivity contribution in [3.05, 3.63) is 39.4 Å². The predicted molar refractivity (Wildman–Crippen MR) is 59.0 cm³/mol. The molecule has 1 saturated carbocycles. The van der Waals surface area contributed by atoms with Crippen LogP contribution in [0.15, 0.2) is 18.2 Å². The molecule has 0 amide bonds. The zero-order valence-electron chi connectivity index (χ0n) is 9.06. The van der Waals surface area contributed by atoms with Gasteiger partial charge in [-0.05, 0) is 31.7 Å². The van der Waals surface area contributed by atoms with Crippen molar-refractivity contribution < 1.29 is 4.92 Å². The van der Waals surface area contributed by atoms with Crippen LogP contribution in [0, 0.1) is 28.4 Å². The molecule has 0 radical (unpaired) electrons. The van der Waals surface area contributed by atoms with E-state index in [2.05, 4.69) is 6.07 Å². The van der Waals surface area contributed by atoms with Crippen LogP contribution in [0.25, 0.3) is 0 Å². The average Bonchev–Trinajstić information content (AvgIpc) is 2.19. The number of nitrogens with zero attached hydrogens (tertiary/aromatic N) is 2. The summed E-state index contributed by atoms with van der Waals surface area (Å²) >= 11 is 0. The molecule has 1 aliphatic carbocycles. The Morgan fingerprint density at radius 3 is 2.62 bits per heavy atom. The second-order valence-corrected chi connectivity index (χ2v) is 4.31. The highest BCUT2D eigenvalue weighted by molar-refractivity contribution is 5.47. The Morgan fingerprint density at radius 2 is 2.19 bits per heavy atom. The molecule has 0 unspecified atom stereocenters. The van der Waals surface area contributed by atoms with Crippen molar-refractivity contribution in [2.24, 2.45) is 0 Å². The van der Waals surface area contributed by atoms with Gasteiger partial charge < -0.3 is 0 Å². The lowest BCUT2D eigenvalue weighted by Crippen LogP contribution is -2.32. The molecule has 0 spiro atoms. The molecule has 1 aromatic carbocycles. The molecule has 0 bridgehead atoms. The first kappa shape index (κ1) is 10.6. The van der Waals surface area contributed by atoms with Gasteiger partial charge in [-0.1, -0.05) is 12.1 Å². The van der Waals surface area contributed by atoms with E-state index in [1.54, 1.807) is 19.1 Å². The monoisotopic (exact) mass is 216 g/mol. The summed E-state index contributed by atoms with van der Waals surface area (Å²) in [5.41, 5.74) is 1.07. The van der Waals surface area contributed by atoms with Gasteiger partial charge in [-0.2, -0.15) is 5.26 Å². The third kappa shape index (κ3) is 1.45. The minimum Gasteiger partial charge on any atom is -0.258 e. The number of hydrogen-bond donors (Lipinski definition) is 0. The summed E-state index contributed by atoms with van der Waals surface area (Å²) in [6, 6.07) is 7.41. The van der Waals surface area contributed by atoms with E-state index in [4.69, 9.17) is 5.26 Å². The minimum absolute atomic E-state index is 0.110. The lowest BCUT2D eigenvalue weighted by Gasteiger charge is -2.35. The van der Waals surface area contributed by atoms with Gasteiger partial charge >= 0.3 is 0 Å². The van der Waals surface area contributed by atoms with Gasteiger partial charge in [0, 0.05) is 11.6 Å². The normalized spacial score (nSPS) is 17.2. The maximum atomic E-state index is 10.8. The van der Waals surface area contributed by atoms with Gasteiger partial charge in [-0.3, -0.25) is 10.1 Å². The van der Waals surface area contributed by atoms with Crippen LogP contribution in [0.4, 0.5) is 5.69 Å². The van der Waals surface area contributed by atoms with E-state index < -0.39 is 5.41 Å². The zero-order valence-corrected chi connectivity index (χ0v) is 9.06. The van der Waals surface area contributed by atoms with Crippen LogP contribution in [-0.4, -0.2) is 4.92 Å². The highest BCUT2D eigenvalue weighted by atomic mass is 16.6. The molecule has 2 rings (SSSR count). The average molecular weight is 216 g/mol. The minimum atomic E-state index is -0.474. The molecule has 0 aromatic heterocycles. The Bertz CT molecular complexity index is 484. The maximum absolute atomic E-state index is 10.8. The zero-order chi connectivity index (χ0) is 11.8. The topological polar surface area (TPSA) is 66.9 Å². The largest absolute Gasteiger partial charge is 0.272 e. The molecule has 1 aromatic rings. The Hall–Kier alpha value is -1.89. The summed E-state index contributed by atoms with van der Waals surface area (Å²) in [6.45, 7) is 1.71. The highest BCUT2D eigenvalue weighted by Gasteiger charge is 2.39. The van der Waals surface area contributed by atoms with E-state index >= 15 is 0 Å². The van der Waals surface area contributed by atoms with Crippen molar-refractivity contribution in [1.82, 2.24) is 0 Å². The summed E-state index contributed by atoms with van der Waals surface area (Å²) in [5.74, 6) is 0. The van der Waals surface area contributed by atoms with Gasteiger partial charge in [-0.15, -0.1) is 0 Å². The van der Waals surface area contributed by atoms with Crippen LogP contribution in [0.5, 0.6) is 0 Å². The predicted octanol–water partition coefficient (Wildman–Crippen LogP) is 2.85. The maximum Gasteiger partial charge on any atom is 0.272 e. The first-order valence-electron chi connectivity index (χ1n) is 5.26. The molecule has 1 aliphatic rings. The number of hydrogen-bond acceptors (Lipinski definition) is 3. The summed E-state index contributed by atoms with van der Waals surface area (Å²) in [6.07, 6.45) is 2.64. The van der Waals surface area contributed by atoms with Gasteiger partial charge in [-0.25, -0.2) is 0 Å². The molecular formula is C12H12N2O2. The van der Waals surface area contributed by atoms with Crippen molar-refractivity contribution in [3.8, 4) is 6.07 Å². The Balaban J connectivity index is 2.48. The molecule has 0 N–H and O–H groups in total. The van der Waals surface area contributed by atoms with Crippen molar-refractivity contribution in [1.29, 1.82) is 5.26 Å². The molecule has 0 aliphatic heterocycles. The number of nitro benzene ring substituents is 1. The summed E-state index contributed by atoms with van der Waals surface area (Å²) in [4.78, 5) is 10.4. The summed E-state index contributed by atoms with van der Waals surface area (Å²) < 4.78 is 0. The highest BCUT2D eigenvalue weighted by Crippen LogP contribution is 2.44. The molecule has 1 fully saturated rings. The standard InChI is InChI=1S/C12H12N2O2/c1-9-3-4-10(7-11(9)14(15)16)12(8-13)5-2-6-12/h3-4,7H,2,5-6H2,1H3. The first-order chi connectivity index (χ1) is 7.59. The molecule has 0 saturated heterocycles. The van der Waals surface area contributed by atoms with Crippen LogP contribution in [0.1, 0.15) is 30.4 Å². The van der Waals surface area contributed by atoms with Crippen molar-refractivity contribution in [3.63, 3.8) is 0 Å². The molecule has 0 heterocycles. The Morgan fingerprint density at radius 1 is 1.50 bits per heavy atom. The summed E-state index contributed by atoms with van der Waals surface area (Å²) in [7, 11) is 0. The van der Waals surface area contributed by atoms with E-state index in [1.807, 2.05) is 6.07 Å². The number of aryl methyl sites for hydroxylation is 1. The fourth-order valence-electron chi connectivity index (χ4n) is 2.10. The van der Waals surface area contributed by atoms with Crippen molar-refractivity contribution in [2.75, 3.05) is 0 Å². The summed E-state index contributed by atoms with van der Waals surface area (Å²) in [5, 5.41) is 20.0. The van der Waals surface area contributed by atoms with Crippen molar-refractivity contribution >= 4 is 5.69 Å². The lowest BCUT2D eigenvalue weighted by molar-refractivity contribution is -0.385. The first-order valence-corrected chi connectivity index (χ1v) is 5.26. The van der Waals surface area contributed by atoms with Crippen LogP contribution < -0.4 is 0 Å². The number of nitriles is 1. The molecule has 4 nitrogen and oxygen atoms in total. The van der Waals surface area contributed by atoms with Gasteiger partial charge in [0.15, 0.2) is 0 Å². The van der Waals surface area contributed by atoms with E-state index in [0.29, 0.717) is 5.56 Å². The van der Waals surface area contributed by atoms with E-state index in [0.717, 1.165) is 24.8 Å². The van der Waals surface area contributed by atoms with Crippen LogP contribution in [-0.2, 0) is 5.41 Å². The number of benzene rings is 1. The van der Waals surface area contributed by atoms with Gasteiger partial charge in [0.1, 0.15) is 0 Å². The quantitative estimate of drug-likeness (QED) is 0.563. The number of rotatable bonds is 2. The van der Waals surface area contributed by atoms with E-state index in [9.17, 15) is 10.1 Å². The second-order valence-electron chi connectivity index (χ2n) is 4.31. The van der Waals surface area contributed by atoms with Gasteiger partial charge in [0.2, 0.25) is 0 Å². The van der Waals surface area contributed by atoms with Crippen LogP contribution >= 0.6 is 0 Å². The molecule has 0 atom stereocenters. The second kappa shape index (κ2) is 3.60. The van der Waals surface area contributed by atoms with E-state index in [1.165, 1.54) is 0 Å².